The number of aromatic nitrogens is 2. The van der Waals surface area contributed by atoms with Crippen LogP contribution in [0.5, 0.6) is 0 Å². The Kier molecular flexibility index (Phi) is 7.77. The molecule has 0 fully saturated rings. The first-order chi connectivity index (χ1) is 11.9. The van der Waals surface area contributed by atoms with Gasteiger partial charge in [0.1, 0.15) is 5.69 Å². The molecule has 1 aromatic heterocycles. The maximum Gasteiger partial charge on any atom is 0.131 e. The Morgan fingerprint density at radius 2 is 1.46 bits per heavy atom. The maximum atomic E-state index is 8.47. The molecular formula is C21H20N2O. The van der Waals surface area contributed by atoms with Crippen LogP contribution in [-0.2, 0) is 0 Å². The Morgan fingerprint density at radius 3 is 1.96 bits per heavy atom. The summed E-state index contributed by atoms with van der Waals surface area (Å²) in [6, 6.07) is 20.8. The number of rotatable bonds is 3. The van der Waals surface area contributed by atoms with Crippen LogP contribution >= 0.6 is 0 Å². The van der Waals surface area contributed by atoms with Gasteiger partial charge in [0.05, 0.1) is 6.20 Å². The van der Waals surface area contributed by atoms with Crippen molar-refractivity contribution in [3.8, 4) is 23.0 Å². The van der Waals surface area contributed by atoms with Crippen LogP contribution < -0.4 is 0 Å². The largest absolute Gasteiger partial charge is 0.396 e. The van der Waals surface area contributed by atoms with Crippen LogP contribution in [-0.4, -0.2) is 21.7 Å². The third kappa shape index (κ3) is 6.43. The van der Waals surface area contributed by atoms with E-state index in [4.69, 9.17) is 5.11 Å². The molecule has 2 aromatic carbocycles. The van der Waals surface area contributed by atoms with Gasteiger partial charge in [-0.3, -0.25) is 4.98 Å². The van der Waals surface area contributed by atoms with E-state index in [0.717, 1.165) is 0 Å². The van der Waals surface area contributed by atoms with Gasteiger partial charge in [-0.15, -0.1) is 0 Å². The smallest absolute Gasteiger partial charge is 0.131 e. The minimum Gasteiger partial charge on any atom is -0.396 e. The van der Waals surface area contributed by atoms with E-state index in [-0.39, 0.29) is 6.61 Å². The molecule has 3 heteroatoms. The number of nitrogens with zero attached hydrogens (tertiary/aromatic N) is 2. The molecule has 0 aliphatic rings. The van der Waals surface area contributed by atoms with Crippen molar-refractivity contribution in [3.63, 3.8) is 0 Å². The second-order valence-corrected chi connectivity index (χ2v) is 4.95. The Labute approximate surface area is 143 Å². The van der Waals surface area contributed by atoms with Crippen LogP contribution in [0.2, 0.25) is 0 Å². The molecule has 24 heavy (non-hydrogen) atoms. The highest BCUT2D eigenvalue weighted by Crippen LogP contribution is 2.17. The minimum absolute atomic E-state index is 0.190. The minimum atomic E-state index is 0.190. The fraction of sp³-hybridized carbons (Fsp3) is 0.143. The Morgan fingerprint density at radius 1 is 0.833 bits per heavy atom. The van der Waals surface area contributed by atoms with Crippen molar-refractivity contribution in [2.45, 2.75) is 12.8 Å². The average Bonchev–Trinajstić information content (AvgIpc) is 2.68. The molecular weight excluding hydrogens is 296 g/mol. The summed E-state index contributed by atoms with van der Waals surface area (Å²) in [4.78, 5) is 7.85. The van der Waals surface area contributed by atoms with Crippen LogP contribution in [0.3, 0.4) is 0 Å². The second-order valence-electron chi connectivity index (χ2n) is 4.95. The zero-order valence-corrected chi connectivity index (χ0v) is 13.5. The van der Waals surface area contributed by atoms with Gasteiger partial charge in [0.2, 0.25) is 0 Å². The summed E-state index contributed by atoms with van der Waals surface area (Å²) in [6.45, 7) is 0.190. The van der Waals surface area contributed by atoms with Crippen LogP contribution in [0.25, 0.3) is 11.1 Å². The maximum absolute atomic E-state index is 8.47. The molecule has 0 bridgehead atoms. The van der Waals surface area contributed by atoms with E-state index in [9.17, 15) is 0 Å². The highest BCUT2D eigenvalue weighted by atomic mass is 16.2. The van der Waals surface area contributed by atoms with Crippen LogP contribution in [0.15, 0.2) is 79.3 Å². The summed E-state index contributed by atoms with van der Waals surface area (Å²) in [5, 5.41) is 8.47. The fourth-order valence-corrected chi connectivity index (χ4v) is 1.95. The number of hydrogen-bond acceptors (Lipinski definition) is 3. The molecule has 0 amide bonds. The lowest BCUT2D eigenvalue weighted by atomic mass is 10.1. The number of unbranched alkanes of at least 4 members (excludes halogenated alkanes) is 1. The molecule has 0 radical (unpaired) electrons. The van der Waals surface area contributed by atoms with Crippen molar-refractivity contribution in [3.05, 3.63) is 84.9 Å². The summed E-state index contributed by atoms with van der Waals surface area (Å²) in [7, 11) is 0. The summed E-state index contributed by atoms with van der Waals surface area (Å²) in [5.74, 6) is 5.73. The van der Waals surface area contributed by atoms with E-state index in [1.807, 2.05) is 12.1 Å². The van der Waals surface area contributed by atoms with Crippen molar-refractivity contribution in [1.82, 2.24) is 9.97 Å². The van der Waals surface area contributed by atoms with Gasteiger partial charge in [0.15, 0.2) is 0 Å². The standard InChI is InChI=1S/C12H10.C9H10N2O/c1-3-7-11(8-4-1)12-9-5-2-6-10-12;12-7-3-1-2-4-9-8-10-5-6-11-9/h1-10H;5-6,8,12H,1,3,7H2. The molecule has 0 saturated carbocycles. The highest BCUT2D eigenvalue weighted by Gasteiger charge is 1.91. The molecule has 3 rings (SSSR count). The number of hydrogen-bond donors (Lipinski definition) is 1. The van der Waals surface area contributed by atoms with Crippen LogP contribution in [0.1, 0.15) is 18.5 Å². The predicted molar refractivity (Wildman–Crippen MR) is 97.1 cm³/mol. The van der Waals surface area contributed by atoms with E-state index in [0.29, 0.717) is 18.5 Å². The zero-order chi connectivity index (χ0) is 16.9. The van der Waals surface area contributed by atoms with E-state index in [2.05, 4.69) is 70.3 Å². The van der Waals surface area contributed by atoms with Crippen molar-refractivity contribution in [2.75, 3.05) is 6.61 Å². The molecule has 0 saturated heterocycles. The van der Waals surface area contributed by atoms with Crippen LogP contribution in [0.4, 0.5) is 0 Å². The van der Waals surface area contributed by atoms with Gasteiger partial charge in [-0.1, -0.05) is 66.6 Å². The molecule has 3 aromatic rings. The molecule has 0 atom stereocenters. The molecule has 0 aliphatic carbocycles. The first kappa shape index (κ1) is 17.4. The summed E-state index contributed by atoms with van der Waals surface area (Å²) >= 11 is 0. The van der Waals surface area contributed by atoms with E-state index < -0.39 is 0 Å². The lowest BCUT2D eigenvalue weighted by Crippen LogP contribution is -1.82. The highest BCUT2D eigenvalue weighted by molar-refractivity contribution is 5.62. The zero-order valence-electron chi connectivity index (χ0n) is 13.5. The van der Waals surface area contributed by atoms with Gasteiger partial charge >= 0.3 is 0 Å². The molecule has 0 aliphatic heterocycles. The third-order valence-corrected chi connectivity index (χ3v) is 3.12. The molecule has 0 unspecified atom stereocenters. The second kappa shape index (κ2) is 10.7. The van der Waals surface area contributed by atoms with E-state index in [1.165, 1.54) is 11.1 Å². The Balaban J connectivity index is 0.000000174. The molecule has 120 valence electrons. The number of aliphatic hydroxyl groups excluding tert-OH is 1. The lowest BCUT2D eigenvalue weighted by Gasteiger charge is -1.98. The lowest BCUT2D eigenvalue weighted by molar-refractivity contribution is 0.290. The quantitative estimate of drug-likeness (QED) is 0.588. The summed E-state index contributed by atoms with van der Waals surface area (Å²) in [5.41, 5.74) is 3.23. The van der Waals surface area contributed by atoms with Crippen molar-refractivity contribution in [2.24, 2.45) is 0 Å². The first-order valence-electron chi connectivity index (χ1n) is 7.86. The van der Waals surface area contributed by atoms with E-state index >= 15 is 0 Å². The average molecular weight is 316 g/mol. The molecule has 3 nitrogen and oxygen atoms in total. The molecule has 1 heterocycles. The number of benzene rings is 2. The van der Waals surface area contributed by atoms with Gasteiger partial charge in [-0.2, -0.15) is 0 Å². The van der Waals surface area contributed by atoms with Gasteiger partial charge in [-0.05, 0) is 23.5 Å². The third-order valence-electron chi connectivity index (χ3n) is 3.12. The monoisotopic (exact) mass is 316 g/mol. The van der Waals surface area contributed by atoms with Gasteiger partial charge in [-0.25, -0.2) is 4.98 Å². The van der Waals surface area contributed by atoms with Crippen LogP contribution in [0, 0.1) is 11.8 Å². The fourth-order valence-electron chi connectivity index (χ4n) is 1.95. The van der Waals surface area contributed by atoms with Crippen molar-refractivity contribution in [1.29, 1.82) is 0 Å². The van der Waals surface area contributed by atoms with E-state index in [1.54, 1.807) is 18.6 Å². The van der Waals surface area contributed by atoms with Gasteiger partial charge in [0, 0.05) is 25.4 Å². The molecule has 1 N–H and O–H groups in total. The van der Waals surface area contributed by atoms with Crippen molar-refractivity contribution < 1.29 is 5.11 Å². The van der Waals surface area contributed by atoms with Gasteiger partial charge < -0.3 is 5.11 Å². The predicted octanol–water partition coefficient (Wildman–Crippen LogP) is 3.95. The molecule has 0 spiro atoms. The first-order valence-corrected chi connectivity index (χ1v) is 7.86. The van der Waals surface area contributed by atoms with Gasteiger partial charge in [0.25, 0.3) is 0 Å². The number of aliphatic hydroxyl groups is 1. The summed E-state index contributed by atoms with van der Waals surface area (Å²) in [6.07, 6.45) is 6.25. The van der Waals surface area contributed by atoms with Crippen molar-refractivity contribution >= 4 is 0 Å². The normalized spacial score (nSPS) is 9.21. The topological polar surface area (TPSA) is 46.0 Å². The SMILES string of the molecule is OCCCC#Cc1cnccn1.c1ccc(-c2ccccc2)cc1. The summed E-state index contributed by atoms with van der Waals surface area (Å²) < 4.78 is 0. The Hall–Kier alpha value is -2.96. The Bertz CT molecular complexity index is 710.